The highest BCUT2D eigenvalue weighted by Gasteiger charge is 2.15. The van der Waals surface area contributed by atoms with Crippen LogP contribution < -0.4 is 20.1 Å². The van der Waals surface area contributed by atoms with Crippen LogP contribution in [0.3, 0.4) is 0 Å². The molecule has 0 aliphatic rings. The monoisotopic (exact) mass is 474 g/mol. The quantitative estimate of drug-likeness (QED) is 0.331. The van der Waals surface area contributed by atoms with Crippen molar-refractivity contribution in [3.05, 3.63) is 60.4 Å². The number of carbonyl (C=O) groups is 1. The van der Waals surface area contributed by atoms with Crippen LogP contribution in [-0.4, -0.2) is 44.8 Å². The van der Waals surface area contributed by atoms with Crippen LogP contribution in [0, 0.1) is 0 Å². The second kappa shape index (κ2) is 10.4. The van der Waals surface area contributed by atoms with Crippen molar-refractivity contribution < 1.29 is 14.3 Å². The Morgan fingerprint density at radius 2 is 1.89 bits per heavy atom. The summed E-state index contributed by atoms with van der Waals surface area (Å²) < 4.78 is 11.4. The topological polar surface area (TPSA) is 114 Å². The molecule has 0 saturated heterocycles. The first-order valence-electron chi connectivity index (χ1n) is 11.5. The van der Waals surface area contributed by atoms with E-state index in [0.717, 1.165) is 27.8 Å². The highest BCUT2D eigenvalue weighted by atomic mass is 16.5. The number of aromatic nitrogens is 4. The summed E-state index contributed by atoms with van der Waals surface area (Å²) in [7, 11) is 0. The Balaban J connectivity index is 1.62. The van der Waals surface area contributed by atoms with Gasteiger partial charge in [-0.1, -0.05) is 12.1 Å². The van der Waals surface area contributed by atoms with E-state index in [1.165, 1.54) is 0 Å². The van der Waals surface area contributed by atoms with E-state index < -0.39 is 0 Å². The molecule has 0 aliphatic heterocycles. The second-order valence-corrected chi connectivity index (χ2v) is 9.08. The van der Waals surface area contributed by atoms with Crippen LogP contribution in [-0.2, 0) is 11.3 Å². The van der Waals surface area contributed by atoms with Crippen LogP contribution >= 0.6 is 0 Å². The largest absolute Gasteiger partial charge is 0.494 e. The summed E-state index contributed by atoms with van der Waals surface area (Å²) >= 11 is 0. The summed E-state index contributed by atoms with van der Waals surface area (Å²) in [5, 5.41) is 14.0. The zero-order chi connectivity index (χ0) is 24.8. The van der Waals surface area contributed by atoms with Crippen molar-refractivity contribution in [1.82, 2.24) is 25.5 Å². The van der Waals surface area contributed by atoms with Gasteiger partial charge in [-0.3, -0.25) is 9.89 Å². The number of hydrogen-bond donors (Lipinski definition) is 3. The molecule has 4 rings (SSSR count). The van der Waals surface area contributed by atoms with Gasteiger partial charge in [0, 0.05) is 34.8 Å². The molecule has 2 aromatic heterocycles. The van der Waals surface area contributed by atoms with Gasteiger partial charge in [0.1, 0.15) is 17.3 Å². The van der Waals surface area contributed by atoms with Gasteiger partial charge in [-0.2, -0.15) is 5.10 Å². The van der Waals surface area contributed by atoms with Crippen LogP contribution in [0.25, 0.3) is 22.3 Å². The van der Waals surface area contributed by atoms with E-state index in [0.29, 0.717) is 30.5 Å². The van der Waals surface area contributed by atoms with Crippen LogP contribution in [0.5, 0.6) is 11.5 Å². The van der Waals surface area contributed by atoms with Gasteiger partial charge >= 0.3 is 0 Å². The molecule has 0 spiro atoms. The number of rotatable bonds is 9. The average Bonchev–Trinajstić information content (AvgIpc) is 3.34. The normalized spacial score (nSPS) is 11.3. The third-order valence-corrected chi connectivity index (χ3v) is 4.97. The molecule has 0 fully saturated rings. The summed E-state index contributed by atoms with van der Waals surface area (Å²) in [6, 6.07) is 13.2. The minimum Gasteiger partial charge on any atom is -0.494 e. The first-order chi connectivity index (χ1) is 16.8. The Hall–Kier alpha value is -4.14. The van der Waals surface area contributed by atoms with E-state index in [1.54, 1.807) is 12.3 Å². The first-order valence-corrected chi connectivity index (χ1v) is 11.5. The zero-order valence-corrected chi connectivity index (χ0v) is 20.4. The predicted molar refractivity (Wildman–Crippen MR) is 135 cm³/mol. The number of ether oxygens (including phenoxy) is 2. The van der Waals surface area contributed by atoms with E-state index in [9.17, 15) is 4.79 Å². The Labute approximate surface area is 204 Å². The number of amides is 1. The number of benzene rings is 2. The van der Waals surface area contributed by atoms with Crippen LogP contribution in [0.2, 0.25) is 0 Å². The van der Waals surface area contributed by atoms with Crippen molar-refractivity contribution in [3.63, 3.8) is 0 Å². The molecule has 35 heavy (non-hydrogen) atoms. The summed E-state index contributed by atoms with van der Waals surface area (Å²) in [6.45, 7) is 8.78. The number of aromatic amines is 1. The second-order valence-electron chi connectivity index (χ2n) is 9.08. The molecule has 2 heterocycles. The predicted octanol–water partition coefficient (Wildman–Crippen LogP) is 4.32. The third-order valence-electron chi connectivity index (χ3n) is 4.97. The van der Waals surface area contributed by atoms with Gasteiger partial charge in [-0.05, 0) is 58.0 Å². The van der Waals surface area contributed by atoms with Crippen molar-refractivity contribution in [1.29, 1.82) is 0 Å². The smallest absolute Gasteiger partial charge is 0.258 e. The molecule has 1 amide bonds. The van der Waals surface area contributed by atoms with Crippen molar-refractivity contribution in [3.8, 4) is 22.9 Å². The molecule has 9 nitrogen and oxygen atoms in total. The molecule has 182 valence electrons. The van der Waals surface area contributed by atoms with Gasteiger partial charge in [0.2, 0.25) is 0 Å². The van der Waals surface area contributed by atoms with Crippen LogP contribution in [0.15, 0.2) is 54.9 Å². The maximum atomic E-state index is 12.1. The van der Waals surface area contributed by atoms with E-state index in [4.69, 9.17) is 19.4 Å². The number of H-pyrrole nitrogens is 1. The molecule has 0 radical (unpaired) electrons. The Morgan fingerprint density at radius 1 is 1.06 bits per heavy atom. The molecule has 0 unspecified atom stereocenters. The lowest BCUT2D eigenvalue weighted by atomic mass is 10.1. The standard InChI is InChI=1S/C26H30N6O3/c1-5-34-20-9-10-22-21(12-20)25(27-13-17-14-28-29-15-17)31-24(30-22)18-7-6-8-19(11-18)35-16-23(33)32-26(2,3)4/h6-12,14-15H,5,13,16H2,1-4H3,(H,28,29)(H,32,33)(H,27,30,31). The number of nitrogens with one attached hydrogen (secondary N) is 3. The van der Waals surface area contributed by atoms with Gasteiger partial charge in [0.25, 0.3) is 5.91 Å². The van der Waals surface area contributed by atoms with Crippen molar-refractivity contribution >= 4 is 22.6 Å². The molecular weight excluding hydrogens is 444 g/mol. The Bertz CT molecular complexity index is 1300. The molecule has 9 heteroatoms. The van der Waals surface area contributed by atoms with Gasteiger partial charge in [0.05, 0.1) is 18.3 Å². The molecule has 0 atom stereocenters. The molecular formula is C26H30N6O3. The number of fused-ring (bicyclic) bond motifs is 1. The first kappa shape index (κ1) is 24.0. The molecule has 0 saturated carbocycles. The van der Waals surface area contributed by atoms with Gasteiger partial charge in [-0.25, -0.2) is 9.97 Å². The van der Waals surface area contributed by atoms with Gasteiger partial charge in [-0.15, -0.1) is 0 Å². The highest BCUT2D eigenvalue weighted by Crippen LogP contribution is 2.30. The zero-order valence-electron chi connectivity index (χ0n) is 20.4. The van der Waals surface area contributed by atoms with E-state index in [-0.39, 0.29) is 18.1 Å². The summed E-state index contributed by atoms with van der Waals surface area (Å²) in [4.78, 5) is 21.7. The Morgan fingerprint density at radius 3 is 2.63 bits per heavy atom. The lowest BCUT2D eigenvalue weighted by Gasteiger charge is -2.20. The SMILES string of the molecule is CCOc1ccc2nc(-c3cccc(OCC(=O)NC(C)(C)C)c3)nc(NCc3cn[nH]c3)c2c1. The fraction of sp³-hybridized carbons (Fsp3) is 0.308. The lowest BCUT2D eigenvalue weighted by Crippen LogP contribution is -2.43. The Kier molecular flexibility index (Phi) is 7.14. The number of nitrogens with zero attached hydrogens (tertiary/aromatic N) is 3. The number of carbonyl (C=O) groups excluding carboxylic acids is 1. The molecule has 3 N–H and O–H groups in total. The van der Waals surface area contributed by atoms with E-state index >= 15 is 0 Å². The molecule has 0 aliphatic carbocycles. The number of hydrogen-bond acceptors (Lipinski definition) is 7. The van der Waals surface area contributed by atoms with Gasteiger partial charge < -0.3 is 20.1 Å². The molecule has 2 aromatic carbocycles. The minimum atomic E-state index is -0.316. The minimum absolute atomic E-state index is 0.0724. The summed E-state index contributed by atoms with van der Waals surface area (Å²) in [6.07, 6.45) is 3.60. The van der Waals surface area contributed by atoms with Gasteiger partial charge in [0.15, 0.2) is 12.4 Å². The average molecular weight is 475 g/mol. The van der Waals surface area contributed by atoms with Crippen LogP contribution in [0.4, 0.5) is 5.82 Å². The summed E-state index contributed by atoms with van der Waals surface area (Å²) in [5.74, 6) is 2.37. The fourth-order valence-corrected chi connectivity index (χ4v) is 3.52. The van der Waals surface area contributed by atoms with E-state index in [1.807, 2.05) is 70.3 Å². The highest BCUT2D eigenvalue weighted by molar-refractivity contribution is 5.91. The maximum absolute atomic E-state index is 12.1. The lowest BCUT2D eigenvalue weighted by molar-refractivity contribution is -0.124. The van der Waals surface area contributed by atoms with Crippen LogP contribution in [0.1, 0.15) is 33.3 Å². The molecule has 0 bridgehead atoms. The van der Waals surface area contributed by atoms with Crippen molar-refractivity contribution in [2.45, 2.75) is 39.8 Å². The van der Waals surface area contributed by atoms with Crippen molar-refractivity contribution in [2.75, 3.05) is 18.5 Å². The maximum Gasteiger partial charge on any atom is 0.258 e. The number of anilines is 1. The van der Waals surface area contributed by atoms with Crippen molar-refractivity contribution in [2.24, 2.45) is 0 Å². The molecule has 4 aromatic rings. The fourth-order valence-electron chi connectivity index (χ4n) is 3.52. The van der Waals surface area contributed by atoms with E-state index in [2.05, 4.69) is 20.8 Å². The third kappa shape index (κ3) is 6.47. The summed E-state index contributed by atoms with van der Waals surface area (Å²) in [5.41, 5.74) is 2.25.